The van der Waals surface area contributed by atoms with Gasteiger partial charge in [0.15, 0.2) is 0 Å². The smallest absolute Gasteiger partial charge is 0.316 e. The Balaban J connectivity index is 2.37. The highest BCUT2D eigenvalue weighted by Gasteiger charge is 2.00. The molecule has 0 saturated heterocycles. The van der Waals surface area contributed by atoms with Crippen LogP contribution in [0.25, 0.3) is 11.1 Å². The summed E-state index contributed by atoms with van der Waals surface area (Å²) in [6.07, 6.45) is 6.64. The summed E-state index contributed by atoms with van der Waals surface area (Å²) >= 11 is 0. The molecule has 2 aromatic heterocycles. The lowest BCUT2D eigenvalue weighted by Crippen LogP contribution is -1.92. The van der Waals surface area contributed by atoms with Gasteiger partial charge in [-0.25, -0.2) is 9.97 Å². The minimum atomic E-state index is 0.343. The quantitative estimate of drug-likeness (QED) is 0.790. The Kier molecular flexibility index (Phi) is 2.45. The van der Waals surface area contributed by atoms with E-state index in [2.05, 4.69) is 15.0 Å². The van der Waals surface area contributed by atoms with E-state index in [1.165, 1.54) is 7.11 Å². The van der Waals surface area contributed by atoms with E-state index in [4.69, 9.17) is 10.5 Å². The second kappa shape index (κ2) is 3.91. The highest BCUT2D eigenvalue weighted by atomic mass is 16.5. The third-order valence-electron chi connectivity index (χ3n) is 1.90. The molecule has 0 bridgehead atoms. The van der Waals surface area contributed by atoms with Crippen LogP contribution in [0, 0.1) is 0 Å². The molecule has 0 atom stereocenters. The number of nitrogen functional groups attached to an aromatic ring is 1. The molecule has 0 aliphatic carbocycles. The van der Waals surface area contributed by atoms with Crippen molar-refractivity contribution in [1.82, 2.24) is 15.0 Å². The Labute approximate surface area is 87.0 Å². The molecule has 0 saturated carbocycles. The predicted molar refractivity (Wildman–Crippen MR) is 56.2 cm³/mol. The van der Waals surface area contributed by atoms with Crippen molar-refractivity contribution < 1.29 is 4.74 Å². The van der Waals surface area contributed by atoms with Gasteiger partial charge in [0.25, 0.3) is 0 Å². The maximum Gasteiger partial charge on any atom is 0.316 e. The molecule has 0 aliphatic rings. The summed E-state index contributed by atoms with van der Waals surface area (Å²) in [5, 5.41) is 0. The van der Waals surface area contributed by atoms with Gasteiger partial charge in [0.1, 0.15) is 0 Å². The highest BCUT2D eigenvalue weighted by molar-refractivity contribution is 5.64. The van der Waals surface area contributed by atoms with E-state index >= 15 is 0 Å². The first-order valence-electron chi connectivity index (χ1n) is 4.36. The van der Waals surface area contributed by atoms with Crippen LogP contribution in [-0.4, -0.2) is 22.1 Å². The summed E-state index contributed by atoms with van der Waals surface area (Å²) in [7, 11) is 1.52. The van der Waals surface area contributed by atoms with Crippen molar-refractivity contribution in [2.75, 3.05) is 12.8 Å². The highest BCUT2D eigenvalue weighted by Crippen LogP contribution is 2.19. The Bertz CT molecular complexity index is 455. The van der Waals surface area contributed by atoms with Crippen molar-refractivity contribution in [3.05, 3.63) is 30.9 Å². The first-order valence-corrected chi connectivity index (χ1v) is 4.36. The maximum atomic E-state index is 5.62. The molecule has 0 aliphatic heterocycles. The van der Waals surface area contributed by atoms with Crippen molar-refractivity contribution >= 4 is 5.69 Å². The van der Waals surface area contributed by atoms with Crippen LogP contribution in [-0.2, 0) is 0 Å². The number of rotatable bonds is 2. The van der Waals surface area contributed by atoms with Crippen LogP contribution < -0.4 is 10.5 Å². The molecular formula is C10H10N4O. The van der Waals surface area contributed by atoms with Crippen LogP contribution in [0.3, 0.4) is 0 Å². The molecule has 2 aromatic rings. The van der Waals surface area contributed by atoms with E-state index < -0.39 is 0 Å². The fraction of sp³-hybridized carbons (Fsp3) is 0.100. The lowest BCUT2D eigenvalue weighted by atomic mass is 10.1. The summed E-state index contributed by atoms with van der Waals surface area (Å²) in [5.41, 5.74) is 7.98. The van der Waals surface area contributed by atoms with E-state index in [-0.39, 0.29) is 0 Å². The molecule has 0 amide bonds. The van der Waals surface area contributed by atoms with Gasteiger partial charge in [0.05, 0.1) is 12.8 Å². The molecule has 2 heterocycles. The summed E-state index contributed by atoms with van der Waals surface area (Å²) in [6.45, 7) is 0. The molecule has 0 spiro atoms. The fourth-order valence-electron chi connectivity index (χ4n) is 1.19. The monoisotopic (exact) mass is 202 g/mol. The van der Waals surface area contributed by atoms with Crippen LogP contribution in [0.15, 0.2) is 30.9 Å². The number of ether oxygens (including phenoxy) is 1. The predicted octanol–water partition coefficient (Wildman–Crippen LogP) is 1.13. The average Bonchev–Trinajstić information content (AvgIpc) is 2.29. The van der Waals surface area contributed by atoms with Crippen molar-refractivity contribution in [1.29, 1.82) is 0 Å². The molecule has 5 nitrogen and oxygen atoms in total. The van der Waals surface area contributed by atoms with E-state index in [0.29, 0.717) is 11.7 Å². The zero-order valence-corrected chi connectivity index (χ0v) is 8.21. The van der Waals surface area contributed by atoms with Crippen molar-refractivity contribution in [2.24, 2.45) is 0 Å². The van der Waals surface area contributed by atoms with Crippen LogP contribution in [0.1, 0.15) is 0 Å². The zero-order valence-electron chi connectivity index (χ0n) is 8.21. The third-order valence-corrected chi connectivity index (χ3v) is 1.90. The molecule has 0 fully saturated rings. The summed E-state index contributed by atoms with van der Waals surface area (Å²) in [4.78, 5) is 12.0. The number of nitrogens with two attached hydrogens (primary N) is 1. The Hall–Kier alpha value is -2.17. The lowest BCUT2D eigenvalue weighted by molar-refractivity contribution is 0.380. The standard InChI is InChI=1S/C10H10N4O/c1-15-10-13-4-8(5-14-10)7-2-9(11)6-12-3-7/h2-6H,11H2,1H3. The fourth-order valence-corrected chi connectivity index (χ4v) is 1.19. The van der Waals surface area contributed by atoms with E-state index in [1.54, 1.807) is 24.8 Å². The SMILES string of the molecule is COc1ncc(-c2cncc(N)c2)cn1. The zero-order chi connectivity index (χ0) is 10.7. The van der Waals surface area contributed by atoms with Gasteiger partial charge in [0.2, 0.25) is 0 Å². The van der Waals surface area contributed by atoms with E-state index in [9.17, 15) is 0 Å². The minimum Gasteiger partial charge on any atom is -0.467 e. The average molecular weight is 202 g/mol. The molecule has 5 heteroatoms. The normalized spacial score (nSPS) is 9.93. The topological polar surface area (TPSA) is 73.9 Å². The molecular weight excluding hydrogens is 192 g/mol. The lowest BCUT2D eigenvalue weighted by Gasteiger charge is -2.02. The minimum absolute atomic E-state index is 0.343. The van der Waals surface area contributed by atoms with Gasteiger partial charge in [-0.05, 0) is 6.07 Å². The van der Waals surface area contributed by atoms with Crippen molar-refractivity contribution in [2.45, 2.75) is 0 Å². The Morgan fingerprint density at radius 3 is 2.40 bits per heavy atom. The molecule has 0 unspecified atom stereocenters. The Morgan fingerprint density at radius 1 is 1.07 bits per heavy atom. The number of hydrogen-bond donors (Lipinski definition) is 1. The Morgan fingerprint density at radius 2 is 1.80 bits per heavy atom. The van der Waals surface area contributed by atoms with E-state index in [1.807, 2.05) is 6.07 Å². The van der Waals surface area contributed by atoms with Crippen LogP contribution >= 0.6 is 0 Å². The van der Waals surface area contributed by atoms with Gasteiger partial charge >= 0.3 is 6.01 Å². The molecule has 0 aromatic carbocycles. The third kappa shape index (κ3) is 2.01. The number of hydrogen-bond acceptors (Lipinski definition) is 5. The van der Waals surface area contributed by atoms with Crippen LogP contribution in [0.2, 0.25) is 0 Å². The van der Waals surface area contributed by atoms with Gasteiger partial charge in [-0.15, -0.1) is 0 Å². The van der Waals surface area contributed by atoms with Gasteiger partial charge < -0.3 is 10.5 Å². The molecule has 0 radical (unpaired) electrons. The number of methoxy groups -OCH3 is 1. The van der Waals surface area contributed by atoms with Crippen molar-refractivity contribution in [3.8, 4) is 17.1 Å². The van der Waals surface area contributed by atoms with Gasteiger partial charge in [-0.2, -0.15) is 0 Å². The molecule has 2 rings (SSSR count). The molecule has 2 N–H and O–H groups in total. The van der Waals surface area contributed by atoms with Gasteiger partial charge in [-0.1, -0.05) is 0 Å². The number of pyridine rings is 1. The van der Waals surface area contributed by atoms with E-state index in [0.717, 1.165) is 11.1 Å². The second-order valence-corrected chi connectivity index (χ2v) is 2.97. The maximum absolute atomic E-state index is 5.62. The number of aromatic nitrogens is 3. The number of nitrogens with zero attached hydrogens (tertiary/aromatic N) is 3. The van der Waals surface area contributed by atoms with Crippen molar-refractivity contribution in [3.63, 3.8) is 0 Å². The van der Waals surface area contributed by atoms with Gasteiger partial charge in [0, 0.05) is 35.9 Å². The van der Waals surface area contributed by atoms with Crippen LogP contribution in [0.5, 0.6) is 6.01 Å². The van der Waals surface area contributed by atoms with Gasteiger partial charge in [-0.3, -0.25) is 4.98 Å². The first-order chi connectivity index (χ1) is 7.29. The number of anilines is 1. The second-order valence-electron chi connectivity index (χ2n) is 2.97. The summed E-state index contributed by atoms with van der Waals surface area (Å²) < 4.78 is 4.87. The first kappa shape index (κ1) is 9.39. The largest absolute Gasteiger partial charge is 0.467 e. The summed E-state index contributed by atoms with van der Waals surface area (Å²) in [5.74, 6) is 0. The molecule has 15 heavy (non-hydrogen) atoms. The summed E-state index contributed by atoms with van der Waals surface area (Å²) in [6, 6.07) is 2.16. The molecule has 76 valence electrons. The van der Waals surface area contributed by atoms with Crippen LogP contribution in [0.4, 0.5) is 5.69 Å².